The molecule has 1 aliphatic heterocycles. The number of ether oxygens (including phenoxy) is 1. The summed E-state index contributed by atoms with van der Waals surface area (Å²) < 4.78 is 5.18. The summed E-state index contributed by atoms with van der Waals surface area (Å²) in [6.07, 6.45) is 4.98. The Morgan fingerprint density at radius 3 is 2.25 bits per heavy atom. The van der Waals surface area contributed by atoms with Crippen LogP contribution >= 0.6 is 0 Å². The predicted octanol–water partition coefficient (Wildman–Crippen LogP) is 1.89. The molecule has 1 N–H and O–H groups in total. The van der Waals surface area contributed by atoms with Gasteiger partial charge in [0.25, 0.3) is 0 Å². The molecule has 1 heterocycles. The first-order valence-corrected chi connectivity index (χ1v) is 11.1. The number of nitrogens with zero attached hydrogens (tertiary/aromatic N) is 2. The van der Waals surface area contributed by atoms with Crippen molar-refractivity contribution in [2.24, 2.45) is 11.8 Å². The van der Waals surface area contributed by atoms with Crippen LogP contribution in [0.3, 0.4) is 0 Å². The minimum absolute atomic E-state index is 0.0236. The molecular weight excluding hydrogens is 410 g/mol. The predicted molar refractivity (Wildman–Crippen MR) is 118 cm³/mol. The minimum atomic E-state index is -0.693. The summed E-state index contributed by atoms with van der Waals surface area (Å²) in [6.45, 7) is 4.22. The first kappa shape index (κ1) is 23.5. The smallest absolute Gasteiger partial charge is 0.242 e. The van der Waals surface area contributed by atoms with E-state index in [0.717, 1.165) is 5.56 Å². The van der Waals surface area contributed by atoms with Crippen molar-refractivity contribution in [3.63, 3.8) is 0 Å². The molecule has 2 aliphatic rings. The van der Waals surface area contributed by atoms with Crippen molar-refractivity contribution in [2.45, 2.75) is 45.7 Å². The number of imide groups is 1. The maximum atomic E-state index is 13.2. The number of rotatable bonds is 9. The molecule has 1 aliphatic carbocycles. The number of amides is 4. The number of fused-ring (bicyclic) bond motifs is 1. The zero-order valence-corrected chi connectivity index (χ0v) is 18.9. The van der Waals surface area contributed by atoms with Gasteiger partial charge in [-0.3, -0.25) is 24.1 Å². The summed E-state index contributed by atoms with van der Waals surface area (Å²) in [5.74, 6) is -0.857. The van der Waals surface area contributed by atoms with E-state index in [1.807, 2.05) is 31.2 Å². The first-order valence-electron chi connectivity index (χ1n) is 11.1. The number of allylic oxidation sites excluding steroid dienone is 2. The number of likely N-dealkylation sites (tertiary alicyclic amines) is 1. The number of likely N-dealkylation sites (N-methyl/N-ethyl adjacent to an activating group) is 1. The molecule has 3 atom stereocenters. The van der Waals surface area contributed by atoms with Gasteiger partial charge in [0, 0.05) is 26.1 Å². The van der Waals surface area contributed by atoms with Crippen LogP contribution in [0.5, 0.6) is 5.75 Å². The van der Waals surface area contributed by atoms with E-state index in [9.17, 15) is 19.2 Å². The summed E-state index contributed by atoms with van der Waals surface area (Å²) in [5, 5.41) is 2.75. The molecule has 0 bridgehead atoms. The second-order valence-electron chi connectivity index (χ2n) is 8.17. The number of methoxy groups -OCH3 is 1. The number of nitrogens with one attached hydrogen (secondary N) is 1. The zero-order valence-electron chi connectivity index (χ0n) is 18.9. The Hall–Kier alpha value is -3.16. The Morgan fingerprint density at radius 2 is 1.72 bits per heavy atom. The molecule has 3 rings (SSSR count). The molecule has 0 radical (unpaired) electrons. The molecule has 172 valence electrons. The highest BCUT2D eigenvalue weighted by Crippen LogP contribution is 2.35. The summed E-state index contributed by atoms with van der Waals surface area (Å²) >= 11 is 0. The van der Waals surface area contributed by atoms with Gasteiger partial charge in [-0.1, -0.05) is 24.3 Å². The average Bonchev–Trinajstić information content (AvgIpc) is 3.05. The van der Waals surface area contributed by atoms with Crippen LogP contribution < -0.4 is 10.1 Å². The van der Waals surface area contributed by atoms with Gasteiger partial charge >= 0.3 is 0 Å². The van der Waals surface area contributed by atoms with Crippen molar-refractivity contribution in [1.29, 1.82) is 0 Å². The minimum Gasteiger partial charge on any atom is -0.497 e. The van der Waals surface area contributed by atoms with Crippen molar-refractivity contribution in [2.75, 3.05) is 20.2 Å². The van der Waals surface area contributed by atoms with Gasteiger partial charge < -0.3 is 15.0 Å². The fraction of sp³-hybridized carbons (Fsp3) is 0.500. The Bertz CT molecular complexity index is 869. The number of carbonyl (C=O) groups is 4. The molecule has 1 unspecified atom stereocenters. The number of hydrogen-bond acceptors (Lipinski definition) is 5. The van der Waals surface area contributed by atoms with E-state index in [4.69, 9.17) is 4.74 Å². The molecule has 8 heteroatoms. The molecule has 0 saturated carbocycles. The van der Waals surface area contributed by atoms with Gasteiger partial charge in [0.15, 0.2) is 0 Å². The van der Waals surface area contributed by atoms with E-state index in [-0.39, 0.29) is 55.0 Å². The third kappa shape index (κ3) is 5.00. The van der Waals surface area contributed by atoms with Crippen LogP contribution in [0.2, 0.25) is 0 Å². The lowest BCUT2D eigenvalue weighted by Crippen LogP contribution is -2.48. The van der Waals surface area contributed by atoms with Gasteiger partial charge in [-0.25, -0.2) is 0 Å². The zero-order chi connectivity index (χ0) is 23.3. The molecule has 1 fully saturated rings. The van der Waals surface area contributed by atoms with Gasteiger partial charge in [0.05, 0.1) is 18.9 Å². The van der Waals surface area contributed by atoms with Crippen LogP contribution in [0.25, 0.3) is 0 Å². The van der Waals surface area contributed by atoms with E-state index in [1.54, 1.807) is 26.2 Å². The molecule has 1 aromatic carbocycles. The second-order valence-corrected chi connectivity index (χ2v) is 8.17. The Morgan fingerprint density at radius 1 is 1.12 bits per heavy atom. The van der Waals surface area contributed by atoms with Crippen molar-refractivity contribution in [1.82, 2.24) is 15.1 Å². The highest BCUT2D eigenvalue weighted by molar-refractivity contribution is 6.05. The lowest BCUT2D eigenvalue weighted by Gasteiger charge is -2.29. The molecule has 0 spiro atoms. The Labute approximate surface area is 188 Å². The second kappa shape index (κ2) is 10.4. The summed E-state index contributed by atoms with van der Waals surface area (Å²) in [5.41, 5.74) is 0.848. The quantitative estimate of drug-likeness (QED) is 0.466. The number of carbonyl (C=O) groups excluding carboxylic acids is 4. The Balaban J connectivity index is 1.70. The fourth-order valence-electron chi connectivity index (χ4n) is 4.27. The first-order chi connectivity index (χ1) is 15.4. The number of benzene rings is 1. The van der Waals surface area contributed by atoms with Crippen LogP contribution in [0.4, 0.5) is 0 Å². The third-order valence-corrected chi connectivity index (χ3v) is 6.18. The van der Waals surface area contributed by atoms with Crippen molar-refractivity contribution >= 4 is 23.6 Å². The highest BCUT2D eigenvalue weighted by atomic mass is 16.5. The SMILES string of the molecule is CCNC(=O)C(C)N(Cc1ccc(OC)cc1)C(=O)CCN1C(=O)[C@H]2CC=CC[C@H]2C1=O. The van der Waals surface area contributed by atoms with Gasteiger partial charge in [0.1, 0.15) is 11.8 Å². The molecule has 32 heavy (non-hydrogen) atoms. The fourth-order valence-corrected chi connectivity index (χ4v) is 4.27. The van der Waals surface area contributed by atoms with Crippen molar-refractivity contribution in [3.8, 4) is 5.75 Å². The van der Waals surface area contributed by atoms with E-state index in [2.05, 4.69) is 5.32 Å². The monoisotopic (exact) mass is 441 g/mol. The van der Waals surface area contributed by atoms with E-state index in [0.29, 0.717) is 25.1 Å². The summed E-state index contributed by atoms with van der Waals surface area (Å²) in [7, 11) is 1.58. The third-order valence-electron chi connectivity index (χ3n) is 6.18. The van der Waals surface area contributed by atoms with E-state index in [1.165, 1.54) is 9.80 Å². The maximum absolute atomic E-state index is 13.2. The van der Waals surface area contributed by atoms with Crippen LogP contribution in [0.15, 0.2) is 36.4 Å². The normalized spacial score (nSPS) is 20.7. The summed E-state index contributed by atoms with van der Waals surface area (Å²) in [4.78, 5) is 53.7. The standard InChI is InChI=1S/C24H31N3O5/c1-4-25-22(29)16(2)27(15-17-9-11-18(32-3)12-10-17)21(28)13-14-26-23(30)19-7-5-6-8-20(19)24(26)31/h5-6,9-12,16,19-20H,4,7-8,13-15H2,1-3H3,(H,25,29)/t16?,19-,20+. The van der Waals surface area contributed by atoms with Crippen molar-refractivity contribution < 1.29 is 23.9 Å². The van der Waals surface area contributed by atoms with Crippen LogP contribution in [0.1, 0.15) is 38.7 Å². The molecule has 0 aromatic heterocycles. The highest BCUT2D eigenvalue weighted by Gasteiger charge is 2.47. The summed E-state index contributed by atoms with van der Waals surface area (Å²) in [6, 6.07) is 6.59. The van der Waals surface area contributed by atoms with Gasteiger partial charge in [-0.2, -0.15) is 0 Å². The lowest BCUT2D eigenvalue weighted by atomic mass is 9.85. The van der Waals surface area contributed by atoms with E-state index >= 15 is 0 Å². The van der Waals surface area contributed by atoms with Crippen LogP contribution in [0, 0.1) is 11.8 Å². The van der Waals surface area contributed by atoms with Gasteiger partial charge in [-0.15, -0.1) is 0 Å². The lowest BCUT2D eigenvalue weighted by molar-refractivity contribution is -0.143. The molecular formula is C24H31N3O5. The topological polar surface area (TPSA) is 96.0 Å². The van der Waals surface area contributed by atoms with Crippen molar-refractivity contribution in [3.05, 3.63) is 42.0 Å². The molecule has 1 aromatic rings. The largest absolute Gasteiger partial charge is 0.497 e. The Kier molecular flexibility index (Phi) is 7.66. The van der Waals surface area contributed by atoms with Crippen LogP contribution in [-0.4, -0.2) is 59.7 Å². The van der Waals surface area contributed by atoms with E-state index < -0.39 is 6.04 Å². The molecule has 1 saturated heterocycles. The molecule has 4 amide bonds. The average molecular weight is 442 g/mol. The number of hydrogen-bond donors (Lipinski definition) is 1. The maximum Gasteiger partial charge on any atom is 0.242 e. The van der Waals surface area contributed by atoms with Gasteiger partial charge in [0.2, 0.25) is 23.6 Å². The van der Waals surface area contributed by atoms with Gasteiger partial charge in [-0.05, 0) is 44.4 Å². The molecule has 8 nitrogen and oxygen atoms in total. The van der Waals surface area contributed by atoms with Crippen LogP contribution in [-0.2, 0) is 25.7 Å².